The van der Waals surface area contributed by atoms with Gasteiger partial charge in [0.2, 0.25) is 5.91 Å². The van der Waals surface area contributed by atoms with E-state index in [4.69, 9.17) is 4.74 Å². The molecule has 3 rings (SSSR count). The molecular formula is C20H24N2O2S. The lowest BCUT2D eigenvalue weighted by Gasteiger charge is -2.06. The number of ether oxygens (including phenoxy) is 1. The Morgan fingerprint density at radius 2 is 2.04 bits per heavy atom. The second-order valence-electron chi connectivity index (χ2n) is 5.92. The normalized spacial score (nSPS) is 11.0. The smallest absolute Gasteiger partial charge is 0.224 e. The molecule has 3 aromatic rings. The number of thiazole rings is 1. The zero-order valence-corrected chi connectivity index (χ0v) is 15.4. The number of fused-ring (bicyclic) bond motifs is 1. The van der Waals surface area contributed by atoms with Crippen LogP contribution in [-0.4, -0.2) is 24.1 Å². The van der Waals surface area contributed by atoms with E-state index in [0.29, 0.717) is 19.6 Å². The summed E-state index contributed by atoms with van der Waals surface area (Å²) in [5.74, 6) is 0.0166. The summed E-state index contributed by atoms with van der Waals surface area (Å²) in [7, 11) is 0. The van der Waals surface area contributed by atoms with Gasteiger partial charge in [-0.15, -0.1) is 11.3 Å². The van der Waals surface area contributed by atoms with Gasteiger partial charge in [0, 0.05) is 32.3 Å². The topological polar surface area (TPSA) is 51.2 Å². The molecule has 0 spiro atoms. The summed E-state index contributed by atoms with van der Waals surface area (Å²) >= 11 is 1.69. The highest BCUT2D eigenvalue weighted by molar-refractivity contribution is 7.21. The van der Waals surface area contributed by atoms with Crippen LogP contribution >= 0.6 is 11.3 Å². The Morgan fingerprint density at radius 1 is 1.24 bits per heavy atom. The van der Waals surface area contributed by atoms with Gasteiger partial charge in [-0.05, 0) is 62.2 Å². The maximum atomic E-state index is 11.9. The van der Waals surface area contributed by atoms with E-state index in [0.717, 1.165) is 28.2 Å². The molecule has 2 aromatic carbocycles. The Hall–Kier alpha value is -2.24. The number of nitrogens with one attached hydrogen (secondary N) is 1. The molecule has 0 radical (unpaired) electrons. The van der Waals surface area contributed by atoms with Crippen molar-refractivity contribution in [1.29, 1.82) is 0 Å². The van der Waals surface area contributed by atoms with Crippen LogP contribution < -0.4 is 5.32 Å². The van der Waals surface area contributed by atoms with Gasteiger partial charge < -0.3 is 10.1 Å². The molecule has 0 atom stereocenters. The second kappa shape index (κ2) is 8.23. The lowest BCUT2D eigenvalue weighted by molar-refractivity contribution is -0.116. The third-order valence-electron chi connectivity index (χ3n) is 3.86. The predicted molar refractivity (Wildman–Crippen MR) is 106 cm³/mol. The van der Waals surface area contributed by atoms with Crippen molar-refractivity contribution in [2.24, 2.45) is 0 Å². The number of nitrogens with zero attached hydrogens (tertiary/aromatic N) is 1. The summed E-state index contributed by atoms with van der Waals surface area (Å²) < 4.78 is 6.44. The molecule has 1 amide bonds. The van der Waals surface area contributed by atoms with Gasteiger partial charge in [0.1, 0.15) is 5.01 Å². The summed E-state index contributed by atoms with van der Waals surface area (Å²) in [6.45, 7) is 5.35. The van der Waals surface area contributed by atoms with Gasteiger partial charge in [-0.1, -0.05) is 6.07 Å². The Bertz CT molecular complexity index is 862. The number of hydrogen-bond donors (Lipinski definition) is 1. The van der Waals surface area contributed by atoms with E-state index in [2.05, 4.69) is 35.4 Å². The Morgan fingerprint density at radius 3 is 2.80 bits per heavy atom. The number of hydrogen-bond acceptors (Lipinski definition) is 4. The first kappa shape index (κ1) is 17.6. The van der Waals surface area contributed by atoms with Crippen LogP contribution in [-0.2, 0) is 9.53 Å². The van der Waals surface area contributed by atoms with E-state index >= 15 is 0 Å². The highest BCUT2D eigenvalue weighted by Gasteiger charge is 2.07. The van der Waals surface area contributed by atoms with E-state index in [1.165, 1.54) is 10.3 Å². The van der Waals surface area contributed by atoms with Crippen LogP contribution in [0, 0.1) is 6.92 Å². The van der Waals surface area contributed by atoms with Crippen molar-refractivity contribution in [2.45, 2.75) is 26.7 Å². The van der Waals surface area contributed by atoms with E-state index in [1.54, 1.807) is 11.3 Å². The first-order chi connectivity index (χ1) is 12.2. The molecule has 5 heteroatoms. The molecule has 0 aliphatic rings. The molecule has 0 saturated carbocycles. The highest BCUT2D eigenvalue weighted by Crippen LogP contribution is 2.31. The summed E-state index contributed by atoms with van der Waals surface area (Å²) in [5.41, 5.74) is 4.14. The third kappa shape index (κ3) is 4.65. The summed E-state index contributed by atoms with van der Waals surface area (Å²) in [5, 5.41) is 3.92. The summed E-state index contributed by atoms with van der Waals surface area (Å²) in [4.78, 5) is 16.6. The molecule has 1 N–H and O–H groups in total. The number of anilines is 1. The Labute approximate surface area is 153 Å². The predicted octanol–water partition coefficient (Wildman–Crippen LogP) is 5.27. The molecule has 4 nitrogen and oxygen atoms in total. The molecule has 1 heterocycles. The van der Waals surface area contributed by atoms with E-state index in [9.17, 15) is 4.79 Å². The number of carbonyl (C=O) groups is 1. The van der Waals surface area contributed by atoms with Crippen molar-refractivity contribution >= 4 is 33.1 Å². The highest BCUT2D eigenvalue weighted by atomic mass is 32.1. The van der Waals surface area contributed by atoms with Crippen molar-refractivity contribution in [3.8, 4) is 10.6 Å². The zero-order chi connectivity index (χ0) is 17.6. The average molecular weight is 356 g/mol. The van der Waals surface area contributed by atoms with Crippen molar-refractivity contribution in [1.82, 2.24) is 4.98 Å². The minimum Gasteiger partial charge on any atom is -0.382 e. The maximum absolute atomic E-state index is 11.9. The zero-order valence-electron chi connectivity index (χ0n) is 14.5. The number of benzene rings is 2. The van der Waals surface area contributed by atoms with E-state index in [-0.39, 0.29) is 7.33 Å². The van der Waals surface area contributed by atoms with Gasteiger partial charge in [-0.2, -0.15) is 0 Å². The van der Waals surface area contributed by atoms with Crippen molar-refractivity contribution in [3.63, 3.8) is 0 Å². The quantitative estimate of drug-likeness (QED) is 0.587. The van der Waals surface area contributed by atoms with Crippen LogP contribution in [0.15, 0.2) is 42.5 Å². The fourth-order valence-electron chi connectivity index (χ4n) is 2.55. The summed E-state index contributed by atoms with van der Waals surface area (Å²) in [6.07, 6.45) is 1.21. The molecule has 0 aliphatic heterocycles. The number of amides is 1. The van der Waals surface area contributed by atoms with Crippen molar-refractivity contribution in [2.75, 3.05) is 18.5 Å². The standard InChI is InChI=1S/C20H22N2O2S.H2/c1-3-24-12-4-5-19(23)21-16-9-7-15(8-10-16)20-22-17-11-6-14(2)13-18(17)25-20;/h6-11,13H,3-5,12H2,1-2H3,(H,21,23);1H. The van der Waals surface area contributed by atoms with Gasteiger partial charge in [0.05, 0.1) is 10.2 Å². The first-order valence-electron chi connectivity index (χ1n) is 8.51. The fourth-order valence-corrected chi connectivity index (χ4v) is 3.62. The number of aromatic nitrogens is 1. The Balaban J connectivity index is 0.00000243. The van der Waals surface area contributed by atoms with Gasteiger partial charge >= 0.3 is 0 Å². The molecule has 0 unspecified atom stereocenters. The van der Waals surface area contributed by atoms with Crippen LogP contribution in [0.4, 0.5) is 5.69 Å². The largest absolute Gasteiger partial charge is 0.382 e. The fraction of sp³-hybridized carbons (Fsp3) is 0.300. The number of carbonyl (C=O) groups excluding carboxylic acids is 1. The monoisotopic (exact) mass is 356 g/mol. The van der Waals surface area contributed by atoms with Crippen LogP contribution in [0.1, 0.15) is 26.8 Å². The molecular weight excluding hydrogens is 332 g/mol. The third-order valence-corrected chi connectivity index (χ3v) is 4.92. The van der Waals surface area contributed by atoms with Crippen LogP contribution in [0.2, 0.25) is 0 Å². The van der Waals surface area contributed by atoms with Gasteiger partial charge in [-0.25, -0.2) is 4.98 Å². The first-order valence-corrected chi connectivity index (χ1v) is 9.32. The molecule has 0 fully saturated rings. The van der Waals surface area contributed by atoms with Crippen LogP contribution in [0.3, 0.4) is 0 Å². The van der Waals surface area contributed by atoms with E-state index < -0.39 is 0 Å². The average Bonchev–Trinajstić information content (AvgIpc) is 3.02. The Kier molecular flexibility index (Phi) is 5.79. The molecule has 25 heavy (non-hydrogen) atoms. The molecule has 0 bridgehead atoms. The minimum absolute atomic E-state index is 0. The molecule has 0 saturated heterocycles. The number of aryl methyl sites for hydroxylation is 1. The second-order valence-corrected chi connectivity index (χ2v) is 6.95. The summed E-state index contributed by atoms with van der Waals surface area (Å²) in [6, 6.07) is 14.1. The lowest BCUT2D eigenvalue weighted by atomic mass is 10.2. The van der Waals surface area contributed by atoms with Gasteiger partial charge in [-0.3, -0.25) is 4.79 Å². The molecule has 0 aliphatic carbocycles. The van der Waals surface area contributed by atoms with Crippen LogP contribution in [0.5, 0.6) is 0 Å². The van der Waals surface area contributed by atoms with Crippen LogP contribution in [0.25, 0.3) is 20.8 Å². The van der Waals surface area contributed by atoms with Gasteiger partial charge in [0.15, 0.2) is 0 Å². The number of rotatable bonds is 7. The molecule has 132 valence electrons. The SMILES string of the molecule is CCOCCCC(=O)Nc1ccc(-c2nc3ccc(C)cc3s2)cc1.[HH]. The molecule has 1 aromatic heterocycles. The minimum atomic E-state index is 0. The maximum Gasteiger partial charge on any atom is 0.224 e. The van der Waals surface area contributed by atoms with E-state index in [1.807, 2.05) is 31.2 Å². The lowest BCUT2D eigenvalue weighted by Crippen LogP contribution is -2.12. The van der Waals surface area contributed by atoms with Crippen molar-refractivity contribution < 1.29 is 11.0 Å². The van der Waals surface area contributed by atoms with Gasteiger partial charge in [0.25, 0.3) is 0 Å². The van der Waals surface area contributed by atoms with Crippen molar-refractivity contribution in [3.05, 3.63) is 48.0 Å².